The summed E-state index contributed by atoms with van der Waals surface area (Å²) in [6.45, 7) is 4.72. The molecule has 2 fully saturated rings. The molecule has 1 aromatic carbocycles. The van der Waals surface area contributed by atoms with E-state index in [1.54, 1.807) is 4.90 Å². The van der Waals surface area contributed by atoms with E-state index in [-0.39, 0.29) is 24.3 Å². The van der Waals surface area contributed by atoms with Crippen LogP contribution >= 0.6 is 0 Å². The second-order valence-corrected chi connectivity index (χ2v) is 8.76. The molecular formula is C17H24N2O4S. The highest BCUT2D eigenvalue weighted by Gasteiger charge is 2.34. The summed E-state index contributed by atoms with van der Waals surface area (Å²) in [6.07, 6.45) is 0.715. The molecule has 0 aromatic heterocycles. The van der Waals surface area contributed by atoms with E-state index in [9.17, 15) is 13.2 Å². The van der Waals surface area contributed by atoms with Gasteiger partial charge in [0.15, 0.2) is 16.4 Å². The van der Waals surface area contributed by atoms with Crippen molar-refractivity contribution in [2.24, 2.45) is 0 Å². The van der Waals surface area contributed by atoms with Crippen molar-refractivity contribution in [2.45, 2.75) is 19.4 Å². The first-order chi connectivity index (χ1) is 11.4. The van der Waals surface area contributed by atoms with E-state index in [0.717, 1.165) is 24.4 Å². The number of benzene rings is 1. The van der Waals surface area contributed by atoms with Gasteiger partial charge in [0, 0.05) is 32.2 Å². The Hall–Kier alpha value is -1.60. The van der Waals surface area contributed by atoms with Crippen LogP contribution in [0.15, 0.2) is 24.3 Å². The van der Waals surface area contributed by atoms with E-state index in [0.29, 0.717) is 25.3 Å². The van der Waals surface area contributed by atoms with E-state index in [4.69, 9.17) is 4.74 Å². The Balaban J connectivity index is 1.46. The van der Waals surface area contributed by atoms with Crippen LogP contribution in [0.1, 0.15) is 12.0 Å². The van der Waals surface area contributed by atoms with E-state index < -0.39 is 9.84 Å². The standard InChI is InChI=1S/C17H24N2O4S/c1-14-4-2-3-5-16(14)23-12-17(20)19-9-7-18(8-10-19)15-6-11-24(21,22)13-15/h2-5,15H,6-13H2,1H3/t15-/m1/s1. The van der Waals surface area contributed by atoms with Crippen LogP contribution < -0.4 is 4.74 Å². The van der Waals surface area contributed by atoms with Gasteiger partial charge in [0.05, 0.1) is 11.5 Å². The predicted molar refractivity (Wildman–Crippen MR) is 91.9 cm³/mol. The van der Waals surface area contributed by atoms with Crippen molar-refractivity contribution in [1.82, 2.24) is 9.80 Å². The summed E-state index contributed by atoms with van der Waals surface area (Å²) in [4.78, 5) is 16.3. The zero-order valence-corrected chi connectivity index (χ0v) is 14.8. The monoisotopic (exact) mass is 352 g/mol. The smallest absolute Gasteiger partial charge is 0.260 e. The quantitative estimate of drug-likeness (QED) is 0.798. The molecule has 2 aliphatic heterocycles. The van der Waals surface area contributed by atoms with Gasteiger partial charge >= 0.3 is 0 Å². The maximum Gasteiger partial charge on any atom is 0.260 e. The average Bonchev–Trinajstić information content (AvgIpc) is 2.94. The van der Waals surface area contributed by atoms with Crippen LogP contribution in [-0.2, 0) is 14.6 Å². The van der Waals surface area contributed by atoms with Crippen LogP contribution in [0.4, 0.5) is 0 Å². The molecule has 0 saturated carbocycles. The second kappa shape index (κ2) is 7.11. The molecule has 1 atom stereocenters. The molecule has 0 bridgehead atoms. The summed E-state index contributed by atoms with van der Waals surface area (Å²) >= 11 is 0. The Morgan fingerprint density at radius 3 is 2.54 bits per heavy atom. The minimum atomic E-state index is -2.86. The predicted octanol–water partition coefficient (Wildman–Crippen LogP) is 0.705. The molecule has 0 unspecified atom stereocenters. The molecule has 0 spiro atoms. The van der Waals surface area contributed by atoms with Gasteiger partial charge in [0.2, 0.25) is 0 Å². The van der Waals surface area contributed by atoms with Crippen molar-refractivity contribution < 1.29 is 17.9 Å². The number of para-hydroxylation sites is 1. The normalized spacial score (nSPS) is 24.0. The number of carbonyl (C=O) groups is 1. The molecule has 2 heterocycles. The van der Waals surface area contributed by atoms with Gasteiger partial charge in [-0.1, -0.05) is 18.2 Å². The Morgan fingerprint density at radius 1 is 1.21 bits per heavy atom. The van der Waals surface area contributed by atoms with Crippen LogP contribution in [0.25, 0.3) is 0 Å². The van der Waals surface area contributed by atoms with Crippen LogP contribution in [0.2, 0.25) is 0 Å². The summed E-state index contributed by atoms with van der Waals surface area (Å²) in [5.41, 5.74) is 1.01. The molecule has 2 saturated heterocycles. The van der Waals surface area contributed by atoms with Crippen molar-refractivity contribution in [3.63, 3.8) is 0 Å². The van der Waals surface area contributed by atoms with Crippen LogP contribution in [0.5, 0.6) is 5.75 Å². The maximum absolute atomic E-state index is 12.3. The average molecular weight is 352 g/mol. The highest BCUT2D eigenvalue weighted by Crippen LogP contribution is 2.20. The van der Waals surface area contributed by atoms with Crippen molar-refractivity contribution in [3.8, 4) is 5.75 Å². The minimum Gasteiger partial charge on any atom is -0.484 e. The number of sulfone groups is 1. The summed E-state index contributed by atoms with van der Waals surface area (Å²) in [5, 5.41) is 0. The summed E-state index contributed by atoms with van der Waals surface area (Å²) in [6, 6.07) is 7.76. The summed E-state index contributed by atoms with van der Waals surface area (Å²) < 4.78 is 28.8. The number of hydrogen-bond donors (Lipinski definition) is 0. The van der Waals surface area contributed by atoms with E-state index in [1.165, 1.54) is 0 Å². The van der Waals surface area contributed by atoms with Gasteiger partial charge in [0.1, 0.15) is 5.75 Å². The van der Waals surface area contributed by atoms with Crippen LogP contribution in [0, 0.1) is 6.92 Å². The number of nitrogens with zero attached hydrogens (tertiary/aromatic N) is 2. The summed E-state index contributed by atoms with van der Waals surface area (Å²) in [7, 11) is -2.86. The zero-order valence-electron chi connectivity index (χ0n) is 14.0. The molecule has 24 heavy (non-hydrogen) atoms. The largest absolute Gasteiger partial charge is 0.484 e. The van der Waals surface area contributed by atoms with Crippen LogP contribution in [0.3, 0.4) is 0 Å². The molecule has 2 aliphatic rings. The van der Waals surface area contributed by atoms with Crippen molar-refractivity contribution in [2.75, 3.05) is 44.3 Å². The first-order valence-electron chi connectivity index (χ1n) is 8.35. The number of hydrogen-bond acceptors (Lipinski definition) is 5. The zero-order chi connectivity index (χ0) is 17.2. The maximum atomic E-state index is 12.3. The van der Waals surface area contributed by atoms with Gasteiger partial charge in [0.25, 0.3) is 5.91 Å². The third kappa shape index (κ3) is 4.08. The van der Waals surface area contributed by atoms with Gasteiger partial charge in [-0.25, -0.2) is 8.42 Å². The van der Waals surface area contributed by atoms with Gasteiger partial charge in [-0.2, -0.15) is 0 Å². The van der Waals surface area contributed by atoms with Gasteiger partial charge in [-0.15, -0.1) is 0 Å². The summed E-state index contributed by atoms with van der Waals surface area (Å²) in [5.74, 6) is 1.27. The van der Waals surface area contributed by atoms with E-state index in [1.807, 2.05) is 31.2 Å². The topological polar surface area (TPSA) is 66.9 Å². The van der Waals surface area contributed by atoms with E-state index >= 15 is 0 Å². The number of ether oxygens (including phenoxy) is 1. The second-order valence-electron chi connectivity index (χ2n) is 6.53. The molecule has 0 radical (unpaired) electrons. The lowest BCUT2D eigenvalue weighted by Gasteiger charge is -2.37. The first kappa shape index (κ1) is 17.2. The Kier molecular flexibility index (Phi) is 5.10. The number of amides is 1. The molecule has 1 amide bonds. The van der Waals surface area contributed by atoms with Gasteiger partial charge in [-0.05, 0) is 25.0 Å². The number of piperazine rings is 1. The van der Waals surface area contributed by atoms with Crippen LogP contribution in [-0.4, -0.2) is 74.5 Å². The molecule has 1 aromatic rings. The number of rotatable bonds is 4. The first-order valence-corrected chi connectivity index (χ1v) is 10.2. The SMILES string of the molecule is Cc1ccccc1OCC(=O)N1CCN([C@@H]2CCS(=O)(=O)C2)CC1. The molecule has 6 nitrogen and oxygen atoms in total. The molecular weight excluding hydrogens is 328 g/mol. The lowest BCUT2D eigenvalue weighted by Crippen LogP contribution is -2.53. The van der Waals surface area contributed by atoms with Crippen molar-refractivity contribution >= 4 is 15.7 Å². The highest BCUT2D eigenvalue weighted by atomic mass is 32.2. The van der Waals surface area contributed by atoms with E-state index in [2.05, 4.69) is 4.90 Å². The third-order valence-corrected chi connectivity index (χ3v) is 6.59. The fourth-order valence-corrected chi connectivity index (χ4v) is 5.11. The van der Waals surface area contributed by atoms with Gasteiger partial charge < -0.3 is 9.64 Å². The molecule has 7 heteroatoms. The number of aryl methyl sites for hydroxylation is 1. The fraction of sp³-hybridized carbons (Fsp3) is 0.588. The third-order valence-electron chi connectivity index (χ3n) is 4.84. The van der Waals surface area contributed by atoms with Crippen molar-refractivity contribution in [3.05, 3.63) is 29.8 Å². The minimum absolute atomic E-state index is 0.0167. The lowest BCUT2D eigenvalue weighted by molar-refractivity contribution is -0.135. The molecule has 3 rings (SSSR count). The Labute approximate surface area is 143 Å². The van der Waals surface area contributed by atoms with Crippen molar-refractivity contribution in [1.29, 1.82) is 0 Å². The molecule has 0 N–H and O–H groups in total. The molecule has 132 valence electrons. The Bertz CT molecular complexity index is 696. The Morgan fingerprint density at radius 2 is 1.92 bits per heavy atom. The fourth-order valence-electron chi connectivity index (χ4n) is 3.35. The highest BCUT2D eigenvalue weighted by molar-refractivity contribution is 7.91. The lowest BCUT2D eigenvalue weighted by atomic mass is 10.2. The molecule has 0 aliphatic carbocycles. The van der Waals surface area contributed by atoms with Gasteiger partial charge in [-0.3, -0.25) is 9.69 Å². The number of carbonyl (C=O) groups excluding carboxylic acids is 1.